The zero-order chi connectivity index (χ0) is 13.5. The molecule has 1 aromatic carbocycles. The Morgan fingerprint density at radius 1 is 1.56 bits per heavy atom. The zero-order valence-electron chi connectivity index (χ0n) is 10.8. The maximum atomic E-state index is 6.08. The van der Waals surface area contributed by atoms with Crippen molar-refractivity contribution in [3.05, 3.63) is 28.8 Å². The van der Waals surface area contributed by atoms with Gasteiger partial charge in [0.2, 0.25) is 5.96 Å². The smallest absolute Gasteiger partial charge is 0.210 e. The Labute approximate surface area is 112 Å². The lowest BCUT2D eigenvalue weighted by molar-refractivity contribution is 0.185. The maximum Gasteiger partial charge on any atom is 0.210 e. The van der Waals surface area contributed by atoms with Crippen molar-refractivity contribution in [3.8, 4) is 0 Å². The molecule has 0 aliphatic heterocycles. The van der Waals surface area contributed by atoms with Crippen LogP contribution in [0.1, 0.15) is 12.5 Å². The summed E-state index contributed by atoms with van der Waals surface area (Å²) in [6, 6.07) is 5.69. The summed E-state index contributed by atoms with van der Waals surface area (Å²) in [7, 11) is 1.63. The van der Waals surface area contributed by atoms with Gasteiger partial charge in [-0.15, -0.1) is 0 Å². The molecule has 5 nitrogen and oxygen atoms in total. The third-order valence-electron chi connectivity index (χ3n) is 2.27. The fraction of sp³-hybridized carbons (Fsp3) is 0.417. The number of anilines is 1. The van der Waals surface area contributed by atoms with Gasteiger partial charge < -0.3 is 10.1 Å². The normalized spacial score (nSPS) is 13.3. The summed E-state index contributed by atoms with van der Waals surface area (Å²) in [5.41, 5.74) is 4.37. The van der Waals surface area contributed by atoms with Gasteiger partial charge in [-0.2, -0.15) is 0 Å². The van der Waals surface area contributed by atoms with Crippen LogP contribution < -0.4 is 16.6 Å². The molecule has 0 amide bonds. The van der Waals surface area contributed by atoms with Crippen molar-refractivity contribution in [2.45, 2.75) is 19.9 Å². The van der Waals surface area contributed by atoms with Crippen molar-refractivity contribution in [2.24, 2.45) is 10.8 Å². The fourth-order valence-electron chi connectivity index (χ4n) is 1.47. The maximum absolute atomic E-state index is 6.08. The molecule has 4 N–H and O–H groups in total. The molecule has 0 radical (unpaired) electrons. The minimum atomic E-state index is -0.00265. The molecule has 0 bridgehead atoms. The van der Waals surface area contributed by atoms with E-state index in [4.69, 9.17) is 22.2 Å². The van der Waals surface area contributed by atoms with Crippen LogP contribution in [0, 0.1) is 6.92 Å². The highest BCUT2D eigenvalue weighted by molar-refractivity contribution is 6.33. The number of guanidine groups is 1. The van der Waals surface area contributed by atoms with Gasteiger partial charge in [0.05, 0.1) is 23.4 Å². The number of methoxy groups -OCH3 is 1. The van der Waals surface area contributed by atoms with Gasteiger partial charge >= 0.3 is 0 Å². The number of nitrogens with zero attached hydrogens (tertiary/aromatic N) is 1. The molecular formula is C12H19ClN4O. The van der Waals surface area contributed by atoms with E-state index in [-0.39, 0.29) is 6.04 Å². The Hall–Kier alpha value is -1.30. The summed E-state index contributed by atoms with van der Waals surface area (Å²) in [6.45, 7) is 4.44. The predicted molar refractivity (Wildman–Crippen MR) is 75.9 cm³/mol. The second-order valence-electron chi connectivity index (χ2n) is 4.03. The van der Waals surface area contributed by atoms with Gasteiger partial charge in [0.1, 0.15) is 0 Å². The van der Waals surface area contributed by atoms with Gasteiger partial charge in [-0.05, 0) is 31.5 Å². The lowest BCUT2D eigenvalue weighted by Crippen LogP contribution is -2.37. The fourth-order valence-corrected chi connectivity index (χ4v) is 1.63. The summed E-state index contributed by atoms with van der Waals surface area (Å²) in [4.78, 5) is 4.34. The summed E-state index contributed by atoms with van der Waals surface area (Å²) in [6.07, 6.45) is 0. The van der Waals surface area contributed by atoms with Gasteiger partial charge in [0.15, 0.2) is 0 Å². The molecule has 0 aliphatic carbocycles. The summed E-state index contributed by atoms with van der Waals surface area (Å²) in [5.74, 6) is 5.88. The molecular weight excluding hydrogens is 252 g/mol. The van der Waals surface area contributed by atoms with E-state index in [2.05, 4.69) is 15.7 Å². The van der Waals surface area contributed by atoms with Crippen molar-refractivity contribution in [3.63, 3.8) is 0 Å². The SMILES string of the molecule is COCC(C)N=C(NN)Nc1cc(C)ccc1Cl. The second kappa shape index (κ2) is 7.20. The largest absolute Gasteiger partial charge is 0.382 e. The molecule has 100 valence electrons. The van der Waals surface area contributed by atoms with Crippen LogP contribution in [0.2, 0.25) is 5.02 Å². The highest BCUT2D eigenvalue weighted by atomic mass is 35.5. The van der Waals surface area contributed by atoms with E-state index >= 15 is 0 Å². The van der Waals surface area contributed by atoms with Crippen LogP contribution >= 0.6 is 11.6 Å². The van der Waals surface area contributed by atoms with E-state index in [1.165, 1.54) is 0 Å². The van der Waals surface area contributed by atoms with Crippen LogP contribution in [0.5, 0.6) is 0 Å². The number of aliphatic imine (C=N–C) groups is 1. The lowest BCUT2D eigenvalue weighted by Gasteiger charge is -2.13. The van der Waals surface area contributed by atoms with Crippen molar-refractivity contribution in [1.29, 1.82) is 0 Å². The molecule has 0 fully saturated rings. The number of hydrazine groups is 1. The summed E-state index contributed by atoms with van der Waals surface area (Å²) in [5, 5.41) is 3.67. The van der Waals surface area contributed by atoms with Crippen LogP contribution in [0.4, 0.5) is 5.69 Å². The van der Waals surface area contributed by atoms with Crippen LogP contribution in [-0.4, -0.2) is 25.7 Å². The van der Waals surface area contributed by atoms with Crippen molar-refractivity contribution in [1.82, 2.24) is 5.43 Å². The molecule has 1 atom stereocenters. The van der Waals surface area contributed by atoms with E-state index in [0.29, 0.717) is 17.6 Å². The van der Waals surface area contributed by atoms with Crippen molar-refractivity contribution in [2.75, 3.05) is 19.0 Å². The van der Waals surface area contributed by atoms with Crippen LogP contribution in [0.25, 0.3) is 0 Å². The molecule has 0 saturated carbocycles. The van der Waals surface area contributed by atoms with Crippen molar-refractivity contribution >= 4 is 23.2 Å². The number of benzene rings is 1. The van der Waals surface area contributed by atoms with E-state index in [9.17, 15) is 0 Å². The van der Waals surface area contributed by atoms with E-state index in [0.717, 1.165) is 11.3 Å². The Balaban J connectivity index is 2.82. The van der Waals surface area contributed by atoms with Crippen LogP contribution in [0.3, 0.4) is 0 Å². The monoisotopic (exact) mass is 270 g/mol. The zero-order valence-corrected chi connectivity index (χ0v) is 11.6. The molecule has 1 unspecified atom stereocenters. The molecule has 0 aliphatic rings. The topological polar surface area (TPSA) is 71.7 Å². The summed E-state index contributed by atoms with van der Waals surface area (Å²) >= 11 is 6.08. The first-order valence-electron chi connectivity index (χ1n) is 5.63. The molecule has 0 heterocycles. The molecule has 6 heteroatoms. The van der Waals surface area contributed by atoms with Gasteiger partial charge in [0.25, 0.3) is 0 Å². The average Bonchev–Trinajstić information content (AvgIpc) is 2.33. The second-order valence-corrected chi connectivity index (χ2v) is 4.44. The highest BCUT2D eigenvalue weighted by Gasteiger charge is 2.05. The third kappa shape index (κ3) is 4.52. The van der Waals surface area contributed by atoms with Gasteiger partial charge in [-0.3, -0.25) is 5.43 Å². The molecule has 1 rings (SSSR count). The average molecular weight is 271 g/mol. The number of nitrogens with one attached hydrogen (secondary N) is 2. The number of rotatable bonds is 4. The highest BCUT2D eigenvalue weighted by Crippen LogP contribution is 2.22. The van der Waals surface area contributed by atoms with Gasteiger partial charge in [-0.25, -0.2) is 10.8 Å². The molecule has 0 aromatic heterocycles. The number of ether oxygens (including phenoxy) is 1. The minimum Gasteiger partial charge on any atom is -0.382 e. The number of halogens is 1. The number of aryl methyl sites for hydroxylation is 1. The molecule has 1 aromatic rings. The standard InChI is InChI=1S/C12H19ClN4O/c1-8-4-5-10(13)11(6-8)16-12(17-14)15-9(2)7-18-3/h4-6,9H,7,14H2,1-3H3,(H2,15,16,17). The van der Waals surface area contributed by atoms with E-state index in [1.54, 1.807) is 7.11 Å². The van der Waals surface area contributed by atoms with Crippen LogP contribution in [0.15, 0.2) is 23.2 Å². The first kappa shape index (κ1) is 14.8. The van der Waals surface area contributed by atoms with Gasteiger partial charge in [-0.1, -0.05) is 17.7 Å². The van der Waals surface area contributed by atoms with E-state index < -0.39 is 0 Å². The molecule has 0 saturated heterocycles. The van der Waals surface area contributed by atoms with Crippen LogP contribution in [-0.2, 0) is 4.74 Å². The predicted octanol–water partition coefficient (Wildman–Crippen LogP) is 1.91. The first-order chi connectivity index (χ1) is 8.56. The number of hydrogen-bond donors (Lipinski definition) is 3. The Kier molecular flexibility index (Phi) is 5.91. The molecule has 0 spiro atoms. The lowest BCUT2D eigenvalue weighted by atomic mass is 10.2. The van der Waals surface area contributed by atoms with Gasteiger partial charge in [0, 0.05) is 7.11 Å². The first-order valence-corrected chi connectivity index (χ1v) is 6.01. The molecule has 18 heavy (non-hydrogen) atoms. The Bertz CT molecular complexity index is 423. The quantitative estimate of drug-likeness (QED) is 0.338. The number of hydrogen-bond acceptors (Lipinski definition) is 3. The summed E-state index contributed by atoms with van der Waals surface area (Å²) < 4.78 is 5.01. The Morgan fingerprint density at radius 3 is 2.89 bits per heavy atom. The Morgan fingerprint density at radius 2 is 2.28 bits per heavy atom. The number of nitrogens with two attached hydrogens (primary N) is 1. The van der Waals surface area contributed by atoms with Crippen molar-refractivity contribution < 1.29 is 4.74 Å². The van der Waals surface area contributed by atoms with E-state index in [1.807, 2.05) is 32.0 Å². The minimum absolute atomic E-state index is 0.00265. The third-order valence-corrected chi connectivity index (χ3v) is 2.60.